The molecule has 2 fully saturated rings. The summed E-state index contributed by atoms with van der Waals surface area (Å²) < 4.78 is 2.00. The van der Waals surface area contributed by atoms with Crippen LogP contribution < -0.4 is 10.6 Å². The highest BCUT2D eigenvalue weighted by Crippen LogP contribution is 2.36. The highest BCUT2D eigenvalue weighted by Gasteiger charge is 2.38. The number of aromatic nitrogens is 3. The van der Waals surface area contributed by atoms with E-state index in [1.54, 1.807) is 18.5 Å². The van der Waals surface area contributed by atoms with Crippen LogP contribution >= 0.6 is 0 Å². The van der Waals surface area contributed by atoms with Crippen molar-refractivity contribution in [1.82, 2.24) is 25.2 Å². The SMILES string of the molecule is O=C(N[C@@H]1C[C@H](C(=O)NCCCc2ncc[nH]2)C[C@H]1O)c1cccn1C1CC1.O=CO. The van der Waals surface area contributed by atoms with Gasteiger partial charge < -0.3 is 30.4 Å². The molecule has 0 radical (unpaired) electrons. The van der Waals surface area contributed by atoms with Gasteiger partial charge >= 0.3 is 0 Å². The molecule has 2 aromatic heterocycles. The van der Waals surface area contributed by atoms with Crippen molar-refractivity contribution < 1.29 is 24.6 Å². The van der Waals surface area contributed by atoms with Gasteiger partial charge in [0.15, 0.2) is 0 Å². The first kappa shape index (κ1) is 22.5. The number of H-pyrrole nitrogens is 1. The summed E-state index contributed by atoms with van der Waals surface area (Å²) >= 11 is 0. The summed E-state index contributed by atoms with van der Waals surface area (Å²) in [5, 5.41) is 23.1. The molecule has 10 nitrogen and oxygen atoms in total. The molecule has 10 heteroatoms. The number of hydrogen-bond donors (Lipinski definition) is 5. The molecule has 0 aliphatic heterocycles. The van der Waals surface area contributed by atoms with Gasteiger partial charge in [-0.2, -0.15) is 0 Å². The number of nitrogens with zero attached hydrogens (tertiary/aromatic N) is 2. The molecule has 0 saturated heterocycles. The number of aryl methyl sites for hydroxylation is 1. The number of nitrogens with one attached hydrogen (secondary N) is 3. The second-order valence-corrected chi connectivity index (χ2v) is 7.88. The van der Waals surface area contributed by atoms with Gasteiger partial charge in [-0.25, -0.2) is 4.98 Å². The molecule has 2 saturated carbocycles. The smallest absolute Gasteiger partial charge is 0.290 e. The van der Waals surface area contributed by atoms with Crippen LogP contribution in [0.4, 0.5) is 0 Å². The molecule has 2 amide bonds. The van der Waals surface area contributed by atoms with Crippen molar-refractivity contribution in [2.75, 3.05) is 6.54 Å². The van der Waals surface area contributed by atoms with E-state index in [1.165, 1.54) is 0 Å². The molecule has 168 valence electrons. The molecule has 2 aliphatic rings. The van der Waals surface area contributed by atoms with Gasteiger partial charge in [0.1, 0.15) is 11.5 Å². The highest BCUT2D eigenvalue weighted by atomic mass is 16.3. The molecule has 4 rings (SSSR count). The molecule has 0 spiro atoms. The quantitative estimate of drug-likeness (QED) is 0.309. The number of hydrogen-bond acceptors (Lipinski definition) is 5. The molecular weight excluding hydrogens is 402 g/mol. The maximum absolute atomic E-state index is 12.6. The number of aliphatic hydroxyl groups is 1. The predicted octanol–water partition coefficient (Wildman–Crippen LogP) is 0.865. The van der Waals surface area contributed by atoms with Gasteiger partial charge in [-0.15, -0.1) is 0 Å². The summed E-state index contributed by atoms with van der Waals surface area (Å²) in [6.07, 6.45) is 9.33. The molecule has 0 bridgehead atoms. The second-order valence-electron chi connectivity index (χ2n) is 7.88. The highest BCUT2D eigenvalue weighted by molar-refractivity contribution is 5.93. The number of rotatable bonds is 8. The summed E-state index contributed by atoms with van der Waals surface area (Å²) in [5.74, 6) is 0.389. The van der Waals surface area contributed by atoms with Crippen LogP contribution in [0.1, 0.15) is 54.5 Å². The largest absolute Gasteiger partial charge is 0.483 e. The van der Waals surface area contributed by atoms with E-state index in [1.807, 2.05) is 16.8 Å². The van der Waals surface area contributed by atoms with Crippen LogP contribution in [0.25, 0.3) is 0 Å². The second kappa shape index (κ2) is 10.8. The topological polar surface area (TPSA) is 149 Å². The average Bonchev–Trinajstić information content (AvgIpc) is 3.13. The molecule has 2 aliphatic carbocycles. The predicted molar refractivity (Wildman–Crippen MR) is 111 cm³/mol. The number of aliphatic hydroxyl groups excluding tert-OH is 1. The zero-order chi connectivity index (χ0) is 22.2. The van der Waals surface area contributed by atoms with Crippen molar-refractivity contribution in [1.29, 1.82) is 0 Å². The summed E-state index contributed by atoms with van der Waals surface area (Å²) in [4.78, 5) is 40.6. The van der Waals surface area contributed by atoms with Crippen LogP contribution in [-0.2, 0) is 16.0 Å². The van der Waals surface area contributed by atoms with Crippen LogP contribution in [0, 0.1) is 5.92 Å². The Morgan fingerprint density at radius 1 is 1.32 bits per heavy atom. The molecule has 0 unspecified atom stereocenters. The summed E-state index contributed by atoms with van der Waals surface area (Å²) in [7, 11) is 0. The van der Waals surface area contributed by atoms with E-state index >= 15 is 0 Å². The Morgan fingerprint density at radius 3 is 2.77 bits per heavy atom. The Labute approximate surface area is 180 Å². The molecule has 2 aromatic rings. The number of aromatic amines is 1. The molecule has 31 heavy (non-hydrogen) atoms. The van der Waals surface area contributed by atoms with Crippen molar-refractivity contribution in [3.63, 3.8) is 0 Å². The third-order valence-electron chi connectivity index (χ3n) is 5.61. The fourth-order valence-corrected chi connectivity index (χ4v) is 3.93. The fraction of sp³-hybridized carbons (Fsp3) is 0.524. The zero-order valence-corrected chi connectivity index (χ0v) is 17.2. The third kappa shape index (κ3) is 6.17. The van der Waals surface area contributed by atoms with Gasteiger partial charge in [-0.1, -0.05) is 0 Å². The van der Waals surface area contributed by atoms with Gasteiger partial charge in [0, 0.05) is 43.5 Å². The lowest BCUT2D eigenvalue weighted by Crippen LogP contribution is -2.40. The van der Waals surface area contributed by atoms with E-state index in [2.05, 4.69) is 20.6 Å². The molecule has 3 atom stereocenters. The van der Waals surface area contributed by atoms with Crippen molar-refractivity contribution in [2.24, 2.45) is 5.92 Å². The Bertz CT molecular complexity index is 861. The third-order valence-corrected chi connectivity index (χ3v) is 5.61. The minimum Gasteiger partial charge on any atom is -0.483 e. The average molecular weight is 431 g/mol. The van der Waals surface area contributed by atoms with Gasteiger partial charge in [-0.3, -0.25) is 14.4 Å². The van der Waals surface area contributed by atoms with Crippen molar-refractivity contribution in [3.05, 3.63) is 42.2 Å². The van der Waals surface area contributed by atoms with Crippen LogP contribution in [0.3, 0.4) is 0 Å². The Morgan fingerprint density at radius 2 is 2.10 bits per heavy atom. The maximum Gasteiger partial charge on any atom is 0.290 e. The van der Waals surface area contributed by atoms with Crippen molar-refractivity contribution in [2.45, 2.75) is 56.7 Å². The van der Waals surface area contributed by atoms with Crippen LogP contribution in [0.2, 0.25) is 0 Å². The number of amides is 2. The standard InChI is InChI=1S/C20H27N5O3.CH2O2/c26-17-12-13(19(27)23-7-1-4-18-21-8-9-22-18)11-15(17)24-20(28)16-3-2-10-25(16)14-5-6-14;2-1-3/h2-3,8-10,13-15,17,26H,1,4-7,11-12H2,(H,21,22)(H,23,27)(H,24,28);1H,(H,2,3)/t13-,15+,17+;/m0./s1. The monoisotopic (exact) mass is 431 g/mol. The summed E-state index contributed by atoms with van der Waals surface area (Å²) in [5.41, 5.74) is 0.625. The lowest BCUT2D eigenvalue weighted by molar-refractivity contribution is -0.125. The van der Waals surface area contributed by atoms with Crippen LogP contribution in [-0.4, -0.2) is 61.7 Å². The molecule has 5 N–H and O–H groups in total. The first-order chi connectivity index (χ1) is 15.0. The van der Waals surface area contributed by atoms with Gasteiger partial charge in [0.05, 0.1) is 12.1 Å². The first-order valence-corrected chi connectivity index (χ1v) is 10.5. The Kier molecular flexibility index (Phi) is 7.82. The molecular formula is C21H29N5O5. The van der Waals surface area contributed by atoms with Crippen molar-refractivity contribution in [3.8, 4) is 0 Å². The minimum atomic E-state index is -0.702. The molecule has 0 aromatic carbocycles. The Balaban J connectivity index is 0.000000858. The van der Waals surface area contributed by atoms with E-state index in [0.717, 1.165) is 31.5 Å². The van der Waals surface area contributed by atoms with Crippen molar-refractivity contribution >= 4 is 18.3 Å². The number of carbonyl (C=O) groups excluding carboxylic acids is 2. The number of carboxylic acid groups (broad SMARTS) is 1. The summed E-state index contributed by atoms with van der Waals surface area (Å²) in [6.45, 7) is 0.318. The van der Waals surface area contributed by atoms with Crippen LogP contribution in [0.15, 0.2) is 30.7 Å². The van der Waals surface area contributed by atoms with Gasteiger partial charge in [0.2, 0.25) is 5.91 Å². The van der Waals surface area contributed by atoms with E-state index in [4.69, 9.17) is 9.90 Å². The van der Waals surface area contributed by atoms with Gasteiger partial charge in [0.25, 0.3) is 12.4 Å². The van der Waals surface area contributed by atoms with Gasteiger partial charge in [-0.05, 0) is 44.2 Å². The van der Waals surface area contributed by atoms with E-state index < -0.39 is 12.1 Å². The molecule has 2 heterocycles. The van der Waals surface area contributed by atoms with E-state index in [-0.39, 0.29) is 24.2 Å². The normalized spacial score (nSPS) is 22.3. The minimum absolute atomic E-state index is 0.0587. The number of carbonyl (C=O) groups is 3. The Hall–Kier alpha value is -3.14. The van der Waals surface area contributed by atoms with E-state index in [0.29, 0.717) is 31.1 Å². The number of imidazole rings is 1. The lowest BCUT2D eigenvalue weighted by Gasteiger charge is -2.17. The zero-order valence-electron chi connectivity index (χ0n) is 17.2. The summed E-state index contributed by atoms with van der Waals surface area (Å²) in [6, 6.07) is 3.70. The lowest BCUT2D eigenvalue weighted by atomic mass is 10.1. The van der Waals surface area contributed by atoms with Crippen LogP contribution in [0.5, 0.6) is 0 Å². The van der Waals surface area contributed by atoms with E-state index in [9.17, 15) is 14.7 Å². The first-order valence-electron chi connectivity index (χ1n) is 10.5. The fourth-order valence-electron chi connectivity index (χ4n) is 3.93. The maximum atomic E-state index is 12.6.